The summed E-state index contributed by atoms with van der Waals surface area (Å²) in [5, 5.41) is 0. The van der Waals surface area contributed by atoms with Crippen molar-refractivity contribution >= 4 is 5.69 Å². The van der Waals surface area contributed by atoms with Crippen LogP contribution in [-0.2, 0) is 6.42 Å². The molecule has 0 saturated carbocycles. The van der Waals surface area contributed by atoms with Crippen LogP contribution in [0.2, 0.25) is 0 Å². The molecule has 0 aliphatic carbocycles. The van der Waals surface area contributed by atoms with Crippen molar-refractivity contribution < 1.29 is 4.74 Å². The standard InChI is InChI=1S/C14H16N2O/c15-13-6-1-7-14(10-13)17-9-3-5-12-4-2-8-16-11-12/h1-2,4,6-8,10-11H,3,5,9,15H2. The van der Waals surface area contributed by atoms with E-state index in [2.05, 4.69) is 11.1 Å². The van der Waals surface area contributed by atoms with Gasteiger partial charge in [-0.15, -0.1) is 0 Å². The number of pyridine rings is 1. The second-order valence-corrected chi connectivity index (χ2v) is 3.89. The summed E-state index contributed by atoms with van der Waals surface area (Å²) in [6, 6.07) is 11.5. The van der Waals surface area contributed by atoms with Crippen molar-refractivity contribution in [2.45, 2.75) is 12.8 Å². The number of hydrogen-bond acceptors (Lipinski definition) is 3. The fraction of sp³-hybridized carbons (Fsp3) is 0.214. The third-order valence-corrected chi connectivity index (χ3v) is 2.46. The first-order chi connectivity index (χ1) is 8.34. The van der Waals surface area contributed by atoms with Crippen LogP contribution in [0.1, 0.15) is 12.0 Å². The first-order valence-electron chi connectivity index (χ1n) is 5.72. The molecule has 0 fully saturated rings. The molecule has 17 heavy (non-hydrogen) atoms. The number of nitrogens with zero attached hydrogens (tertiary/aromatic N) is 1. The number of aryl methyl sites for hydroxylation is 1. The fourth-order valence-electron chi connectivity index (χ4n) is 1.62. The molecular weight excluding hydrogens is 212 g/mol. The Morgan fingerprint density at radius 2 is 2.12 bits per heavy atom. The Bertz CT molecular complexity index is 457. The van der Waals surface area contributed by atoms with Crippen molar-refractivity contribution in [3.05, 3.63) is 54.4 Å². The first-order valence-corrected chi connectivity index (χ1v) is 5.72. The largest absolute Gasteiger partial charge is 0.494 e. The molecule has 3 heteroatoms. The van der Waals surface area contributed by atoms with Crippen LogP contribution in [0.25, 0.3) is 0 Å². The van der Waals surface area contributed by atoms with Gasteiger partial charge in [0.1, 0.15) is 5.75 Å². The summed E-state index contributed by atoms with van der Waals surface area (Å²) in [5.74, 6) is 0.830. The van der Waals surface area contributed by atoms with Gasteiger partial charge in [-0.1, -0.05) is 12.1 Å². The molecule has 0 aliphatic heterocycles. The summed E-state index contributed by atoms with van der Waals surface area (Å²) >= 11 is 0. The molecule has 0 atom stereocenters. The van der Waals surface area contributed by atoms with Crippen LogP contribution in [-0.4, -0.2) is 11.6 Å². The van der Waals surface area contributed by atoms with E-state index in [1.54, 1.807) is 6.20 Å². The van der Waals surface area contributed by atoms with Gasteiger partial charge in [-0.25, -0.2) is 0 Å². The summed E-state index contributed by atoms with van der Waals surface area (Å²) in [7, 11) is 0. The average Bonchev–Trinajstić information content (AvgIpc) is 2.36. The maximum Gasteiger partial charge on any atom is 0.121 e. The van der Waals surface area contributed by atoms with Crippen molar-refractivity contribution in [1.29, 1.82) is 0 Å². The molecule has 1 aromatic carbocycles. The molecule has 2 N–H and O–H groups in total. The Balaban J connectivity index is 1.73. The number of anilines is 1. The van der Waals surface area contributed by atoms with Gasteiger partial charge in [-0.2, -0.15) is 0 Å². The van der Waals surface area contributed by atoms with Crippen LogP contribution in [0.4, 0.5) is 5.69 Å². The van der Waals surface area contributed by atoms with Crippen molar-refractivity contribution in [2.24, 2.45) is 0 Å². The van der Waals surface area contributed by atoms with E-state index in [0.717, 1.165) is 24.3 Å². The number of hydrogen-bond donors (Lipinski definition) is 1. The topological polar surface area (TPSA) is 48.1 Å². The molecule has 2 rings (SSSR count). The smallest absolute Gasteiger partial charge is 0.121 e. The van der Waals surface area contributed by atoms with E-state index in [1.165, 1.54) is 5.56 Å². The molecule has 2 aromatic rings. The molecule has 0 spiro atoms. The highest BCUT2D eigenvalue weighted by atomic mass is 16.5. The van der Waals surface area contributed by atoms with E-state index in [0.29, 0.717) is 6.61 Å². The number of ether oxygens (including phenoxy) is 1. The maximum atomic E-state index is 5.67. The average molecular weight is 228 g/mol. The highest BCUT2D eigenvalue weighted by Crippen LogP contribution is 2.14. The Labute approximate surface area is 101 Å². The minimum atomic E-state index is 0.693. The zero-order chi connectivity index (χ0) is 11.9. The molecular formula is C14H16N2O. The minimum Gasteiger partial charge on any atom is -0.494 e. The third kappa shape index (κ3) is 3.79. The number of nitrogen functional groups attached to an aromatic ring is 1. The van der Waals surface area contributed by atoms with Crippen LogP contribution in [0.15, 0.2) is 48.8 Å². The lowest BCUT2D eigenvalue weighted by Gasteiger charge is -2.06. The summed E-state index contributed by atoms with van der Waals surface area (Å²) in [6.07, 6.45) is 5.63. The van der Waals surface area contributed by atoms with Crippen molar-refractivity contribution in [2.75, 3.05) is 12.3 Å². The predicted octanol–water partition coefficient (Wildman–Crippen LogP) is 2.68. The van der Waals surface area contributed by atoms with Gasteiger partial charge < -0.3 is 10.5 Å². The van der Waals surface area contributed by atoms with E-state index in [-0.39, 0.29) is 0 Å². The SMILES string of the molecule is Nc1cccc(OCCCc2cccnc2)c1. The van der Waals surface area contributed by atoms with E-state index in [4.69, 9.17) is 10.5 Å². The lowest BCUT2D eigenvalue weighted by atomic mass is 10.2. The van der Waals surface area contributed by atoms with Gasteiger partial charge in [0.15, 0.2) is 0 Å². The molecule has 1 aromatic heterocycles. The van der Waals surface area contributed by atoms with Crippen molar-refractivity contribution in [1.82, 2.24) is 4.98 Å². The summed E-state index contributed by atoms with van der Waals surface area (Å²) < 4.78 is 5.61. The predicted molar refractivity (Wildman–Crippen MR) is 68.9 cm³/mol. The number of benzene rings is 1. The quantitative estimate of drug-likeness (QED) is 0.632. The molecule has 0 aliphatic rings. The molecule has 1 heterocycles. The Kier molecular flexibility index (Phi) is 3.97. The Hall–Kier alpha value is -2.03. The molecule has 0 amide bonds. The van der Waals surface area contributed by atoms with E-state index >= 15 is 0 Å². The molecule has 0 bridgehead atoms. The lowest BCUT2D eigenvalue weighted by molar-refractivity contribution is 0.311. The molecule has 0 unspecified atom stereocenters. The van der Waals surface area contributed by atoms with E-state index in [1.807, 2.05) is 36.5 Å². The first kappa shape index (κ1) is 11.5. The van der Waals surface area contributed by atoms with Crippen molar-refractivity contribution in [3.63, 3.8) is 0 Å². The van der Waals surface area contributed by atoms with Gasteiger partial charge in [0.25, 0.3) is 0 Å². The fourth-order valence-corrected chi connectivity index (χ4v) is 1.62. The van der Waals surface area contributed by atoms with Crippen LogP contribution in [0, 0.1) is 0 Å². The molecule has 0 saturated heterocycles. The summed E-state index contributed by atoms with van der Waals surface area (Å²) in [4.78, 5) is 4.08. The van der Waals surface area contributed by atoms with Crippen LogP contribution >= 0.6 is 0 Å². The molecule has 3 nitrogen and oxygen atoms in total. The minimum absolute atomic E-state index is 0.693. The van der Waals surface area contributed by atoms with Gasteiger partial charge in [-0.05, 0) is 36.6 Å². The van der Waals surface area contributed by atoms with Gasteiger partial charge in [0.05, 0.1) is 6.61 Å². The second-order valence-electron chi connectivity index (χ2n) is 3.89. The second kappa shape index (κ2) is 5.89. The molecule has 88 valence electrons. The Morgan fingerprint density at radius 1 is 1.18 bits per heavy atom. The van der Waals surface area contributed by atoms with Gasteiger partial charge in [-0.3, -0.25) is 4.98 Å². The normalized spacial score (nSPS) is 10.1. The zero-order valence-corrected chi connectivity index (χ0v) is 9.67. The highest BCUT2D eigenvalue weighted by Gasteiger charge is 1.96. The van der Waals surface area contributed by atoms with Gasteiger partial charge >= 0.3 is 0 Å². The van der Waals surface area contributed by atoms with Gasteiger partial charge in [0, 0.05) is 24.1 Å². The Morgan fingerprint density at radius 3 is 2.88 bits per heavy atom. The van der Waals surface area contributed by atoms with Crippen LogP contribution < -0.4 is 10.5 Å². The van der Waals surface area contributed by atoms with Gasteiger partial charge in [0.2, 0.25) is 0 Å². The van der Waals surface area contributed by atoms with Crippen LogP contribution in [0.5, 0.6) is 5.75 Å². The van der Waals surface area contributed by atoms with Crippen molar-refractivity contribution in [3.8, 4) is 5.75 Å². The monoisotopic (exact) mass is 228 g/mol. The molecule has 0 radical (unpaired) electrons. The number of aromatic nitrogens is 1. The van der Waals surface area contributed by atoms with E-state index in [9.17, 15) is 0 Å². The number of rotatable bonds is 5. The third-order valence-electron chi connectivity index (χ3n) is 2.46. The van der Waals surface area contributed by atoms with E-state index < -0.39 is 0 Å². The summed E-state index contributed by atoms with van der Waals surface area (Å²) in [6.45, 7) is 0.693. The summed E-state index contributed by atoms with van der Waals surface area (Å²) in [5.41, 5.74) is 7.64. The zero-order valence-electron chi connectivity index (χ0n) is 9.67. The highest BCUT2D eigenvalue weighted by molar-refractivity contribution is 5.43. The number of nitrogens with two attached hydrogens (primary N) is 1. The lowest BCUT2D eigenvalue weighted by Crippen LogP contribution is -2.00. The van der Waals surface area contributed by atoms with Crippen LogP contribution in [0.3, 0.4) is 0 Å². The maximum absolute atomic E-state index is 5.67.